The van der Waals surface area contributed by atoms with Gasteiger partial charge in [-0.1, -0.05) is 26.0 Å². The van der Waals surface area contributed by atoms with Gasteiger partial charge in [0.05, 0.1) is 18.5 Å². The van der Waals surface area contributed by atoms with Crippen LogP contribution >= 0.6 is 12.4 Å². The molecule has 0 spiro atoms. The molecule has 4 rings (SSSR count). The van der Waals surface area contributed by atoms with Gasteiger partial charge in [-0.2, -0.15) is 0 Å². The summed E-state index contributed by atoms with van der Waals surface area (Å²) in [5.41, 5.74) is 9.55. The molecule has 0 saturated carbocycles. The number of nitrogens with two attached hydrogens (primary N) is 1. The number of esters is 1. The zero-order chi connectivity index (χ0) is 32.3. The predicted molar refractivity (Wildman–Crippen MR) is 176 cm³/mol. The molecule has 9 nitrogen and oxygen atoms in total. The second kappa shape index (κ2) is 14.4. The van der Waals surface area contributed by atoms with Crippen molar-refractivity contribution in [2.24, 2.45) is 11.7 Å². The minimum absolute atomic E-state index is 0. The fourth-order valence-electron chi connectivity index (χ4n) is 5.09. The van der Waals surface area contributed by atoms with E-state index < -0.39 is 29.5 Å². The molecule has 1 heterocycles. The molecule has 0 bridgehead atoms. The molecule has 3 aromatic rings. The van der Waals surface area contributed by atoms with E-state index in [1.165, 1.54) is 12.1 Å². The number of carbonyl (C=O) groups is 2. The Morgan fingerprint density at radius 2 is 1.71 bits per heavy atom. The molecule has 3 aromatic carbocycles. The van der Waals surface area contributed by atoms with Crippen LogP contribution in [0.25, 0.3) is 11.1 Å². The Morgan fingerprint density at radius 1 is 1.02 bits per heavy atom. The van der Waals surface area contributed by atoms with Crippen LogP contribution < -0.4 is 30.2 Å². The number of nitrogens with zero attached hydrogens (tertiary/aromatic N) is 1. The number of likely N-dealkylation sites (N-methyl/N-ethyl adjacent to an activating group) is 1. The average molecular weight is 644 g/mol. The summed E-state index contributed by atoms with van der Waals surface area (Å²) in [6, 6.07) is 13.0. The largest absolute Gasteiger partial charge is 0.496 e. The molecular formula is C34H43ClFN3O6. The molecular weight excluding hydrogens is 601 g/mol. The molecule has 2 atom stereocenters. The van der Waals surface area contributed by atoms with Gasteiger partial charge < -0.3 is 34.9 Å². The molecule has 0 unspecified atom stereocenters. The summed E-state index contributed by atoms with van der Waals surface area (Å²) in [6.45, 7) is 11.1. The van der Waals surface area contributed by atoms with Crippen LogP contribution in [0.2, 0.25) is 0 Å². The van der Waals surface area contributed by atoms with Gasteiger partial charge in [0, 0.05) is 30.3 Å². The van der Waals surface area contributed by atoms with E-state index in [0.29, 0.717) is 22.9 Å². The summed E-state index contributed by atoms with van der Waals surface area (Å²) < 4.78 is 37.4. The first-order valence-electron chi connectivity index (χ1n) is 14.6. The zero-order valence-corrected chi connectivity index (χ0v) is 27.8. The molecule has 45 heavy (non-hydrogen) atoms. The Bertz CT molecular complexity index is 1550. The van der Waals surface area contributed by atoms with Gasteiger partial charge in [0.1, 0.15) is 54.0 Å². The molecule has 3 N–H and O–H groups in total. The lowest BCUT2D eigenvalue weighted by molar-refractivity contribution is -0.152. The molecule has 0 saturated heterocycles. The number of fused-ring (bicyclic) bond motifs is 1. The summed E-state index contributed by atoms with van der Waals surface area (Å²) in [5, 5.41) is 3.34. The summed E-state index contributed by atoms with van der Waals surface area (Å²) in [6.07, 6.45) is -0.515. The number of carbonyl (C=O) groups excluding carboxylic acids is 2. The fourth-order valence-corrected chi connectivity index (χ4v) is 5.09. The number of anilines is 2. The van der Waals surface area contributed by atoms with Crippen molar-refractivity contribution in [2.45, 2.75) is 65.8 Å². The lowest BCUT2D eigenvalue weighted by atomic mass is 9.91. The summed E-state index contributed by atoms with van der Waals surface area (Å²) >= 11 is 0. The molecule has 0 aromatic heterocycles. The highest BCUT2D eigenvalue weighted by Crippen LogP contribution is 2.45. The summed E-state index contributed by atoms with van der Waals surface area (Å²) in [7, 11) is 3.30. The third kappa shape index (κ3) is 7.80. The molecule has 1 amide bonds. The van der Waals surface area contributed by atoms with Crippen LogP contribution in [0.1, 0.15) is 45.7 Å². The van der Waals surface area contributed by atoms with Gasteiger partial charge in [-0.05, 0) is 69.0 Å². The number of halogens is 2. The first kappa shape index (κ1) is 35.5. The van der Waals surface area contributed by atoms with Crippen LogP contribution in [0, 0.1) is 18.7 Å². The molecule has 11 heteroatoms. The van der Waals surface area contributed by atoms with Crippen molar-refractivity contribution in [3.05, 3.63) is 65.5 Å². The smallest absolute Gasteiger partial charge is 0.323 e. The SMILES string of the molecule is COc1cc(OC[C@H](C)OC(=O)[C@@H](N)C(C)C)ccc1-c1ccc2c(c1COc1cc(F)ccc1C)N(C)C(=O)C(C)(C)N2.Cl. The number of amides is 1. The van der Waals surface area contributed by atoms with E-state index in [0.717, 1.165) is 27.9 Å². The maximum atomic E-state index is 14.1. The number of nitrogens with one attached hydrogen (secondary N) is 1. The van der Waals surface area contributed by atoms with E-state index in [2.05, 4.69) is 5.32 Å². The molecule has 0 fully saturated rings. The van der Waals surface area contributed by atoms with Crippen molar-refractivity contribution in [3.63, 3.8) is 0 Å². The number of ether oxygens (including phenoxy) is 4. The molecule has 0 radical (unpaired) electrons. The predicted octanol–water partition coefficient (Wildman–Crippen LogP) is 6.27. The lowest BCUT2D eigenvalue weighted by Gasteiger charge is -2.39. The number of hydrogen-bond acceptors (Lipinski definition) is 8. The van der Waals surface area contributed by atoms with E-state index in [1.807, 2.05) is 52.8 Å². The highest BCUT2D eigenvalue weighted by Gasteiger charge is 2.39. The first-order chi connectivity index (χ1) is 20.7. The van der Waals surface area contributed by atoms with Crippen LogP contribution in [-0.2, 0) is 20.9 Å². The maximum absolute atomic E-state index is 14.1. The van der Waals surface area contributed by atoms with Gasteiger partial charge >= 0.3 is 5.97 Å². The third-order valence-corrected chi connectivity index (χ3v) is 7.68. The number of rotatable bonds is 11. The summed E-state index contributed by atoms with van der Waals surface area (Å²) in [4.78, 5) is 27.2. The van der Waals surface area contributed by atoms with Crippen molar-refractivity contribution in [3.8, 4) is 28.4 Å². The van der Waals surface area contributed by atoms with Gasteiger partial charge in [0.25, 0.3) is 5.91 Å². The summed E-state index contributed by atoms with van der Waals surface area (Å²) in [5.74, 6) is 0.432. The van der Waals surface area contributed by atoms with E-state index >= 15 is 0 Å². The van der Waals surface area contributed by atoms with Crippen LogP contribution in [0.5, 0.6) is 17.2 Å². The van der Waals surface area contributed by atoms with Crippen LogP contribution in [0.4, 0.5) is 15.8 Å². The van der Waals surface area contributed by atoms with E-state index in [-0.39, 0.29) is 37.4 Å². The normalized spacial score (nSPS) is 14.9. The highest BCUT2D eigenvalue weighted by atomic mass is 35.5. The third-order valence-electron chi connectivity index (χ3n) is 7.68. The second-order valence-corrected chi connectivity index (χ2v) is 12.0. The van der Waals surface area contributed by atoms with Gasteiger partial charge in [-0.15, -0.1) is 12.4 Å². The van der Waals surface area contributed by atoms with Crippen molar-refractivity contribution >= 4 is 35.7 Å². The number of aryl methyl sites for hydroxylation is 1. The first-order valence-corrected chi connectivity index (χ1v) is 14.6. The van der Waals surface area contributed by atoms with Crippen LogP contribution in [0.15, 0.2) is 48.5 Å². The number of benzene rings is 3. The Kier molecular flexibility index (Phi) is 11.3. The Hall–Kier alpha value is -4.02. The average Bonchev–Trinajstić information content (AvgIpc) is 2.98. The van der Waals surface area contributed by atoms with Crippen molar-refractivity contribution in [2.75, 3.05) is 31.0 Å². The quantitative estimate of drug-likeness (QED) is 0.235. The Labute approximate surface area is 270 Å². The Balaban J connectivity index is 0.00000552. The molecule has 244 valence electrons. The monoisotopic (exact) mass is 643 g/mol. The van der Waals surface area contributed by atoms with Crippen LogP contribution in [-0.4, -0.2) is 50.3 Å². The molecule has 1 aliphatic heterocycles. The lowest BCUT2D eigenvalue weighted by Crippen LogP contribution is -2.52. The van der Waals surface area contributed by atoms with Crippen molar-refractivity contribution < 1.29 is 32.9 Å². The van der Waals surface area contributed by atoms with Gasteiger partial charge in [-0.25, -0.2) is 4.39 Å². The molecule has 0 aliphatic carbocycles. The zero-order valence-electron chi connectivity index (χ0n) is 27.0. The van der Waals surface area contributed by atoms with Crippen molar-refractivity contribution in [1.29, 1.82) is 0 Å². The highest BCUT2D eigenvalue weighted by molar-refractivity contribution is 6.08. The fraction of sp³-hybridized carbons (Fsp3) is 0.412. The molecule has 1 aliphatic rings. The van der Waals surface area contributed by atoms with Gasteiger partial charge in [-0.3, -0.25) is 9.59 Å². The van der Waals surface area contributed by atoms with Gasteiger partial charge in [0.2, 0.25) is 0 Å². The minimum Gasteiger partial charge on any atom is -0.496 e. The standard InChI is InChI=1S/C34H42FN3O6.ClH/c1-19(2)30(36)32(39)44-21(4)17-42-23-11-12-25(29(16-23)41-8)24-13-14-27-31(38(7)33(40)34(5,6)37-27)26(24)18-43-28-15-22(35)10-9-20(28)3;/h9-16,19,21,30,37H,17-18,36H2,1-8H3;1H/t21-,30-;/m0./s1. The number of methoxy groups -OCH3 is 1. The number of hydrogen-bond donors (Lipinski definition) is 2. The van der Waals surface area contributed by atoms with E-state index in [4.69, 9.17) is 24.7 Å². The Morgan fingerprint density at radius 3 is 2.38 bits per heavy atom. The van der Waals surface area contributed by atoms with E-state index in [9.17, 15) is 14.0 Å². The maximum Gasteiger partial charge on any atom is 0.323 e. The minimum atomic E-state index is -0.803. The van der Waals surface area contributed by atoms with Crippen LogP contribution in [0.3, 0.4) is 0 Å². The van der Waals surface area contributed by atoms with Crippen molar-refractivity contribution in [1.82, 2.24) is 0 Å². The van der Waals surface area contributed by atoms with Gasteiger partial charge in [0.15, 0.2) is 0 Å². The topological polar surface area (TPSA) is 112 Å². The van der Waals surface area contributed by atoms with E-state index in [1.54, 1.807) is 44.2 Å². The second-order valence-electron chi connectivity index (χ2n) is 12.0.